The molecule has 0 unspecified atom stereocenters. The number of rotatable bonds is 9. The maximum Gasteiger partial charge on any atom is 0.269 e. The third-order valence-electron chi connectivity index (χ3n) is 6.41. The van der Waals surface area contributed by atoms with Gasteiger partial charge >= 0.3 is 0 Å². The molecule has 1 amide bonds. The van der Waals surface area contributed by atoms with E-state index in [-0.39, 0.29) is 22.1 Å². The minimum absolute atomic E-state index is 0.0802. The molecule has 1 N–H and O–H groups in total. The fourth-order valence-corrected chi connectivity index (χ4v) is 4.75. The fourth-order valence-electron chi connectivity index (χ4n) is 4.47. The van der Waals surface area contributed by atoms with Crippen molar-refractivity contribution in [3.63, 3.8) is 0 Å². The lowest BCUT2D eigenvalue weighted by atomic mass is 10.1. The highest BCUT2D eigenvalue weighted by Crippen LogP contribution is 2.16. The van der Waals surface area contributed by atoms with Gasteiger partial charge in [0.1, 0.15) is 0 Å². The summed E-state index contributed by atoms with van der Waals surface area (Å²) in [6.45, 7) is 3.99. The minimum Gasteiger partial charge on any atom is -0.340 e. The van der Waals surface area contributed by atoms with E-state index in [0.717, 1.165) is 43.4 Å². The summed E-state index contributed by atoms with van der Waals surface area (Å²) in [6.07, 6.45) is 2.88. The summed E-state index contributed by atoms with van der Waals surface area (Å²) in [5, 5.41) is 11.6. The van der Waals surface area contributed by atoms with E-state index < -0.39 is 0 Å². The SMILES string of the molecule is O=C(CCCCCn1c(=S)[nH]c2ccccc2c1=O)N1CCN(Cc2cccc([N+](=O)[O-])c2)CC1. The minimum atomic E-state index is -0.380. The molecule has 3 aromatic rings. The van der Waals surface area contributed by atoms with Crippen LogP contribution in [0.15, 0.2) is 53.3 Å². The molecule has 10 heteroatoms. The number of hydrogen-bond donors (Lipinski definition) is 1. The number of benzene rings is 2. The highest BCUT2D eigenvalue weighted by molar-refractivity contribution is 7.71. The molecule has 35 heavy (non-hydrogen) atoms. The van der Waals surface area contributed by atoms with Crippen molar-refractivity contribution in [3.8, 4) is 0 Å². The van der Waals surface area contributed by atoms with Gasteiger partial charge in [-0.05, 0) is 42.8 Å². The number of nitrogens with zero attached hydrogens (tertiary/aromatic N) is 4. The maximum absolute atomic E-state index is 12.7. The van der Waals surface area contributed by atoms with Crippen LogP contribution in [0.3, 0.4) is 0 Å². The Morgan fingerprint density at radius 3 is 2.57 bits per heavy atom. The summed E-state index contributed by atoms with van der Waals surface area (Å²) in [5.74, 6) is 0.153. The number of aromatic amines is 1. The van der Waals surface area contributed by atoms with E-state index in [9.17, 15) is 19.7 Å². The van der Waals surface area contributed by atoms with Crippen LogP contribution in [0, 0.1) is 14.9 Å². The number of nitro groups is 1. The molecule has 1 aliphatic heterocycles. The summed E-state index contributed by atoms with van der Waals surface area (Å²) in [4.78, 5) is 43.1. The number of carbonyl (C=O) groups is 1. The summed E-state index contributed by atoms with van der Waals surface area (Å²) >= 11 is 5.35. The lowest BCUT2D eigenvalue weighted by Crippen LogP contribution is -2.48. The van der Waals surface area contributed by atoms with Gasteiger partial charge in [0, 0.05) is 57.8 Å². The molecular formula is C25H29N5O4S. The van der Waals surface area contributed by atoms with Crippen LogP contribution < -0.4 is 5.56 Å². The molecule has 0 spiro atoms. The van der Waals surface area contributed by atoms with Gasteiger partial charge in [0.15, 0.2) is 4.77 Å². The lowest BCUT2D eigenvalue weighted by Gasteiger charge is -2.34. The van der Waals surface area contributed by atoms with E-state index in [4.69, 9.17) is 12.2 Å². The van der Waals surface area contributed by atoms with Crippen molar-refractivity contribution in [1.82, 2.24) is 19.4 Å². The van der Waals surface area contributed by atoms with Crippen LogP contribution in [0.2, 0.25) is 0 Å². The average molecular weight is 496 g/mol. The van der Waals surface area contributed by atoms with Crippen molar-refractivity contribution in [2.24, 2.45) is 0 Å². The van der Waals surface area contributed by atoms with Crippen molar-refractivity contribution in [1.29, 1.82) is 0 Å². The zero-order chi connectivity index (χ0) is 24.8. The summed E-state index contributed by atoms with van der Waals surface area (Å²) < 4.78 is 2.02. The molecular weight excluding hydrogens is 466 g/mol. The number of fused-ring (bicyclic) bond motifs is 1. The van der Waals surface area contributed by atoms with Gasteiger partial charge in [0.2, 0.25) is 5.91 Å². The van der Waals surface area contributed by atoms with Gasteiger partial charge in [-0.15, -0.1) is 0 Å². The summed E-state index contributed by atoms with van der Waals surface area (Å²) in [5.41, 5.74) is 1.67. The third kappa shape index (κ3) is 6.20. The highest BCUT2D eigenvalue weighted by atomic mass is 32.1. The van der Waals surface area contributed by atoms with Gasteiger partial charge < -0.3 is 9.88 Å². The van der Waals surface area contributed by atoms with E-state index in [0.29, 0.717) is 42.8 Å². The van der Waals surface area contributed by atoms with Crippen LogP contribution in [-0.2, 0) is 17.9 Å². The lowest BCUT2D eigenvalue weighted by molar-refractivity contribution is -0.384. The normalized spacial score (nSPS) is 14.3. The van der Waals surface area contributed by atoms with Gasteiger partial charge in [-0.2, -0.15) is 0 Å². The third-order valence-corrected chi connectivity index (χ3v) is 6.74. The smallest absolute Gasteiger partial charge is 0.269 e. The largest absolute Gasteiger partial charge is 0.340 e. The Morgan fingerprint density at radius 2 is 1.80 bits per heavy atom. The maximum atomic E-state index is 12.7. The number of unbranched alkanes of at least 4 members (excludes halogenated alkanes) is 2. The van der Waals surface area contributed by atoms with Gasteiger partial charge in [0.25, 0.3) is 11.2 Å². The molecule has 0 saturated carbocycles. The van der Waals surface area contributed by atoms with Gasteiger partial charge in [-0.25, -0.2) is 0 Å². The molecule has 1 fully saturated rings. The van der Waals surface area contributed by atoms with Crippen molar-refractivity contribution in [2.45, 2.75) is 38.8 Å². The zero-order valence-electron chi connectivity index (χ0n) is 19.5. The first-order chi connectivity index (χ1) is 16.9. The molecule has 2 aromatic carbocycles. The van der Waals surface area contributed by atoms with Gasteiger partial charge in [0.05, 0.1) is 15.8 Å². The predicted molar refractivity (Wildman–Crippen MR) is 137 cm³/mol. The summed E-state index contributed by atoms with van der Waals surface area (Å²) in [7, 11) is 0. The van der Waals surface area contributed by atoms with Crippen LogP contribution >= 0.6 is 12.2 Å². The molecule has 2 heterocycles. The van der Waals surface area contributed by atoms with E-state index in [1.807, 2.05) is 29.2 Å². The molecule has 1 aliphatic rings. The Kier molecular flexibility index (Phi) is 8.04. The highest BCUT2D eigenvalue weighted by Gasteiger charge is 2.21. The van der Waals surface area contributed by atoms with Crippen LogP contribution in [0.1, 0.15) is 31.2 Å². The number of non-ortho nitro benzene ring substituents is 1. The molecule has 1 aromatic heterocycles. The second-order valence-corrected chi connectivity index (χ2v) is 9.21. The number of nitrogens with one attached hydrogen (secondary N) is 1. The first kappa shape index (κ1) is 24.7. The molecule has 0 atom stereocenters. The van der Waals surface area contributed by atoms with E-state index >= 15 is 0 Å². The number of nitro benzene ring substituents is 1. The number of H-pyrrole nitrogens is 1. The van der Waals surface area contributed by atoms with E-state index in [2.05, 4.69) is 9.88 Å². The van der Waals surface area contributed by atoms with Crippen LogP contribution in [0.4, 0.5) is 5.69 Å². The number of carbonyl (C=O) groups excluding carboxylic acids is 1. The Labute approximate surface area is 208 Å². The Morgan fingerprint density at radius 1 is 1.03 bits per heavy atom. The first-order valence-electron chi connectivity index (χ1n) is 11.9. The molecule has 0 aliphatic carbocycles. The fraction of sp³-hybridized carbons (Fsp3) is 0.400. The molecule has 0 bridgehead atoms. The first-order valence-corrected chi connectivity index (χ1v) is 12.3. The van der Waals surface area contributed by atoms with Gasteiger partial charge in [-0.3, -0.25) is 29.2 Å². The topological polar surface area (TPSA) is 104 Å². The molecule has 184 valence electrons. The number of piperazine rings is 1. The second-order valence-electron chi connectivity index (χ2n) is 8.83. The van der Waals surface area contributed by atoms with E-state index in [1.54, 1.807) is 22.8 Å². The molecule has 1 saturated heterocycles. The number of para-hydroxylation sites is 1. The zero-order valence-corrected chi connectivity index (χ0v) is 20.3. The number of hydrogen-bond acceptors (Lipinski definition) is 6. The molecule has 0 radical (unpaired) electrons. The molecule has 9 nitrogen and oxygen atoms in total. The standard InChI is InChI=1S/C25H29N5O4S/c31-23(28-15-13-27(14-16-28)18-19-7-6-8-20(17-19)30(33)34)11-2-1-5-12-29-24(32)21-9-3-4-10-22(21)26-25(29)35/h3-4,6-10,17H,1-2,5,11-16,18H2,(H,26,35). The number of aromatic nitrogens is 2. The Balaban J connectivity index is 1.18. The summed E-state index contributed by atoms with van der Waals surface area (Å²) in [6, 6.07) is 14.0. The van der Waals surface area contributed by atoms with Crippen molar-refractivity contribution >= 4 is 34.7 Å². The second kappa shape index (κ2) is 11.4. The Hall–Kier alpha value is -3.37. The van der Waals surface area contributed by atoms with Crippen LogP contribution in [0.5, 0.6) is 0 Å². The predicted octanol–water partition coefficient (Wildman–Crippen LogP) is 3.87. The Bertz CT molecular complexity index is 1330. The monoisotopic (exact) mass is 495 g/mol. The quantitative estimate of drug-likeness (QED) is 0.209. The van der Waals surface area contributed by atoms with Gasteiger partial charge in [-0.1, -0.05) is 30.7 Å². The van der Waals surface area contributed by atoms with Crippen LogP contribution in [-0.4, -0.2) is 56.4 Å². The average Bonchev–Trinajstić information content (AvgIpc) is 2.86. The molecule has 4 rings (SSSR count). The van der Waals surface area contributed by atoms with E-state index in [1.165, 1.54) is 6.07 Å². The number of amides is 1. The van der Waals surface area contributed by atoms with Crippen molar-refractivity contribution in [2.75, 3.05) is 26.2 Å². The van der Waals surface area contributed by atoms with Crippen LogP contribution in [0.25, 0.3) is 10.9 Å². The van der Waals surface area contributed by atoms with Crippen molar-refractivity contribution in [3.05, 3.63) is 79.3 Å². The van der Waals surface area contributed by atoms with Crippen molar-refractivity contribution < 1.29 is 9.72 Å².